The summed E-state index contributed by atoms with van der Waals surface area (Å²) in [6.45, 7) is 6.85. The molecule has 0 spiro atoms. The van der Waals surface area contributed by atoms with Crippen LogP contribution in [-0.2, 0) is 4.79 Å². The Bertz CT molecular complexity index is 893. The molecule has 31 heavy (non-hydrogen) atoms. The maximum absolute atomic E-state index is 13.0. The van der Waals surface area contributed by atoms with Gasteiger partial charge >= 0.3 is 0 Å². The molecule has 1 aliphatic heterocycles. The van der Waals surface area contributed by atoms with E-state index in [0.717, 1.165) is 5.69 Å². The molecule has 7 heteroatoms. The molecule has 2 aromatic carbocycles. The molecule has 0 radical (unpaired) electrons. The first kappa shape index (κ1) is 22.6. The normalized spacial score (nSPS) is 14.4. The third-order valence-electron chi connectivity index (χ3n) is 5.47. The molecule has 0 aromatic heterocycles. The first-order valence-electron chi connectivity index (χ1n) is 10.6. The molecule has 166 valence electrons. The summed E-state index contributed by atoms with van der Waals surface area (Å²) in [5, 5.41) is 0. The van der Waals surface area contributed by atoms with Crippen molar-refractivity contribution in [2.75, 3.05) is 51.8 Å². The standard InChI is InChI=1S/C24H31N3O4/c1-18(2)27(20-8-6-5-7-9-20)23(28)17-25-12-14-26(15-13-25)24(29)19-10-11-21(30-3)22(16-19)31-4/h5-11,16,18H,12-15,17H2,1-4H3. The molecular formula is C24H31N3O4. The van der Waals surface area contributed by atoms with Crippen molar-refractivity contribution in [3.63, 3.8) is 0 Å². The number of rotatable bonds is 7. The highest BCUT2D eigenvalue weighted by Gasteiger charge is 2.26. The van der Waals surface area contributed by atoms with Gasteiger partial charge in [-0.15, -0.1) is 0 Å². The van der Waals surface area contributed by atoms with Crippen LogP contribution in [0.15, 0.2) is 48.5 Å². The minimum atomic E-state index is -0.0416. The number of anilines is 1. The van der Waals surface area contributed by atoms with Gasteiger partial charge in [0.1, 0.15) is 0 Å². The van der Waals surface area contributed by atoms with Crippen LogP contribution >= 0.6 is 0 Å². The topological polar surface area (TPSA) is 62.3 Å². The molecule has 0 saturated carbocycles. The molecule has 1 saturated heterocycles. The molecule has 7 nitrogen and oxygen atoms in total. The van der Waals surface area contributed by atoms with Gasteiger partial charge in [-0.3, -0.25) is 14.5 Å². The summed E-state index contributed by atoms with van der Waals surface area (Å²) in [7, 11) is 3.12. The van der Waals surface area contributed by atoms with E-state index in [4.69, 9.17) is 9.47 Å². The summed E-state index contributed by atoms with van der Waals surface area (Å²) in [6.07, 6.45) is 0. The lowest BCUT2D eigenvalue weighted by molar-refractivity contribution is -0.120. The number of methoxy groups -OCH3 is 2. The predicted molar refractivity (Wildman–Crippen MR) is 121 cm³/mol. The van der Waals surface area contributed by atoms with Crippen LogP contribution in [0.2, 0.25) is 0 Å². The summed E-state index contributed by atoms with van der Waals surface area (Å²) in [5.74, 6) is 1.16. The second-order valence-corrected chi connectivity index (χ2v) is 7.83. The molecule has 2 aromatic rings. The minimum absolute atomic E-state index is 0.0416. The highest BCUT2D eigenvalue weighted by atomic mass is 16.5. The number of amides is 2. The van der Waals surface area contributed by atoms with Crippen molar-refractivity contribution in [1.82, 2.24) is 9.80 Å². The van der Waals surface area contributed by atoms with E-state index in [-0.39, 0.29) is 17.9 Å². The van der Waals surface area contributed by atoms with Gasteiger partial charge in [-0.25, -0.2) is 0 Å². The largest absolute Gasteiger partial charge is 0.493 e. The van der Waals surface area contributed by atoms with Gasteiger partial charge in [0.2, 0.25) is 5.91 Å². The maximum atomic E-state index is 13.0. The SMILES string of the molecule is COc1ccc(C(=O)N2CCN(CC(=O)N(c3ccccc3)C(C)C)CC2)cc1OC. The predicted octanol–water partition coefficient (Wildman–Crippen LogP) is 2.90. The monoisotopic (exact) mass is 425 g/mol. The van der Waals surface area contributed by atoms with Crippen LogP contribution in [-0.4, -0.2) is 74.6 Å². The van der Waals surface area contributed by atoms with E-state index in [1.165, 1.54) is 0 Å². The molecule has 0 aliphatic carbocycles. The van der Waals surface area contributed by atoms with Crippen LogP contribution < -0.4 is 14.4 Å². The lowest BCUT2D eigenvalue weighted by Crippen LogP contribution is -2.52. The van der Waals surface area contributed by atoms with Gasteiger partial charge < -0.3 is 19.3 Å². The summed E-state index contributed by atoms with van der Waals surface area (Å²) in [5.41, 5.74) is 1.47. The zero-order valence-corrected chi connectivity index (χ0v) is 18.7. The Morgan fingerprint density at radius 3 is 2.16 bits per heavy atom. The van der Waals surface area contributed by atoms with Crippen LogP contribution in [0.1, 0.15) is 24.2 Å². The number of hydrogen-bond acceptors (Lipinski definition) is 5. The highest BCUT2D eigenvalue weighted by Crippen LogP contribution is 2.28. The van der Waals surface area contributed by atoms with Crippen LogP contribution in [0.5, 0.6) is 11.5 Å². The number of carbonyl (C=O) groups is 2. The van der Waals surface area contributed by atoms with Gasteiger partial charge in [0.05, 0.1) is 20.8 Å². The Hall–Kier alpha value is -3.06. The third-order valence-corrected chi connectivity index (χ3v) is 5.47. The van der Waals surface area contributed by atoms with Crippen molar-refractivity contribution in [2.45, 2.75) is 19.9 Å². The molecule has 0 bridgehead atoms. The quantitative estimate of drug-likeness (QED) is 0.683. The van der Waals surface area contributed by atoms with E-state index >= 15 is 0 Å². The second-order valence-electron chi connectivity index (χ2n) is 7.83. The van der Waals surface area contributed by atoms with Crippen LogP contribution in [0.3, 0.4) is 0 Å². The molecule has 1 aliphatic rings. The Kier molecular flexibility index (Phi) is 7.52. The van der Waals surface area contributed by atoms with Crippen LogP contribution in [0.25, 0.3) is 0 Å². The van der Waals surface area contributed by atoms with E-state index < -0.39 is 0 Å². The van der Waals surface area contributed by atoms with E-state index in [9.17, 15) is 9.59 Å². The van der Waals surface area contributed by atoms with Crippen molar-refractivity contribution >= 4 is 17.5 Å². The summed E-state index contributed by atoms with van der Waals surface area (Å²) >= 11 is 0. The molecule has 1 fully saturated rings. The molecule has 1 heterocycles. The number of para-hydroxylation sites is 1. The first-order valence-corrected chi connectivity index (χ1v) is 10.6. The summed E-state index contributed by atoms with van der Waals surface area (Å²) in [6, 6.07) is 15.0. The Morgan fingerprint density at radius 1 is 0.935 bits per heavy atom. The number of hydrogen-bond donors (Lipinski definition) is 0. The first-order chi connectivity index (χ1) is 14.9. The van der Waals surface area contributed by atoms with Crippen molar-refractivity contribution < 1.29 is 19.1 Å². The van der Waals surface area contributed by atoms with Gasteiger partial charge in [0.15, 0.2) is 11.5 Å². The van der Waals surface area contributed by atoms with Crippen molar-refractivity contribution in [3.8, 4) is 11.5 Å². The van der Waals surface area contributed by atoms with Crippen molar-refractivity contribution in [3.05, 3.63) is 54.1 Å². The van der Waals surface area contributed by atoms with Crippen molar-refractivity contribution in [1.29, 1.82) is 0 Å². The fourth-order valence-electron chi connectivity index (χ4n) is 3.85. The zero-order chi connectivity index (χ0) is 22.4. The van der Waals surface area contributed by atoms with Gasteiger partial charge in [-0.2, -0.15) is 0 Å². The summed E-state index contributed by atoms with van der Waals surface area (Å²) < 4.78 is 10.6. The van der Waals surface area contributed by atoms with E-state index in [2.05, 4.69) is 4.90 Å². The van der Waals surface area contributed by atoms with Crippen LogP contribution in [0.4, 0.5) is 5.69 Å². The number of benzene rings is 2. The van der Waals surface area contributed by atoms with Gasteiger partial charge in [-0.05, 0) is 44.2 Å². The molecule has 0 unspecified atom stereocenters. The summed E-state index contributed by atoms with van der Waals surface area (Å²) in [4.78, 5) is 31.7. The lowest BCUT2D eigenvalue weighted by atomic mass is 10.1. The number of piperazine rings is 1. The van der Waals surface area contributed by atoms with E-state index in [1.807, 2.05) is 54.0 Å². The van der Waals surface area contributed by atoms with Gasteiger partial charge in [-0.1, -0.05) is 18.2 Å². The lowest BCUT2D eigenvalue weighted by Gasteiger charge is -2.36. The fourth-order valence-corrected chi connectivity index (χ4v) is 3.85. The smallest absolute Gasteiger partial charge is 0.254 e. The number of carbonyl (C=O) groups excluding carboxylic acids is 2. The molecule has 0 N–H and O–H groups in total. The van der Waals surface area contributed by atoms with Gasteiger partial charge in [0, 0.05) is 43.5 Å². The average molecular weight is 426 g/mol. The number of nitrogens with zero attached hydrogens (tertiary/aromatic N) is 3. The van der Waals surface area contributed by atoms with E-state index in [1.54, 1.807) is 32.4 Å². The second kappa shape index (κ2) is 10.3. The van der Waals surface area contributed by atoms with Crippen LogP contribution in [0, 0.1) is 0 Å². The molecule has 0 atom stereocenters. The maximum Gasteiger partial charge on any atom is 0.254 e. The van der Waals surface area contributed by atoms with Gasteiger partial charge in [0.25, 0.3) is 5.91 Å². The third kappa shape index (κ3) is 5.35. The highest BCUT2D eigenvalue weighted by molar-refractivity contribution is 5.96. The average Bonchev–Trinajstić information content (AvgIpc) is 2.79. The zero-order valence-electron chi connectivity index (χ0n) is 18.7. The minimum Gasteiger partial charge on any atom is -0.493 e. The number of ether oxygens (including phenoxy) is 2. The fraction of sp³-hybridized carbons (Fsp3) is 0.417. The molecular weight excluding hydrogens is 394 g/mol. The van der Waals surface area contributed by atoms with E-state index in [0.29, 0.717) is 49.8 Å². The van der Waals surface area contributed by atoms with Crippen molar-refractivity contribution in [2.24, 2.45) is 0 Å². The Morgan fingerprint density at radius 2 is 1.58 bits per heavy atom. The Balaban J connectivity index is 1.59. The molecule has 2 amide bonds. The Labute approximate surface area is 184 Å². The molecule has 3 rings (SSSR count).